The van der Waals surface area contributed by atoms with Crippen LogP contribution in [0.4, 0.5) is 0 Å². The first-order chi connectivity index (χ1) is 10.9. The second kappa shape index (κ2) is 6.68. The standard InChI is InChI=1S/C17H22O6/c1-10-6-8-11(9-7-10)14(20-3)13-12(15(18)21-4)16(19)23-17(13,2)22-5/h6-9,12-14H,1-5H3/t12-,13-,14?,17-/m0/s1. The molecule has 4 atom stereocenters. The Labute approximate surface area is 135 Å². The molecule has 1 aliphatic heterocycles. The molecule has 1 aromatic carbocycles. The van der Waals surface area contributed by atoms with Gasteiger partial charge < -0.3 is 18.9 Å². The zero-order valence-electron chi connectivity index (χ0n) is 14.0. The average Bonchev–Trinajstić information content (AvgIpc) is 2.81. The van der Waals surface area contributed by atoms with Crippen molar-refractivity contribution in [1.29, 1.82) is 0 Å². The highest BCUT2D eigenvalue weighted by Crippen LogP contribution is 2.47. The summed E-state index contributed by atoms with van der Waals surface area (Å²) in [5.41, 5.74) is 1.93. The van der Waals surface area contributed by atoms with E-state index in [9.17, 15) is 9.59 Å². The molecule has 0 amide bonds. The molecule has 1 fully saturated rings. The zero-order valence-corrected chi connectivity index (χ0v) is 14.0. The topological polar surface area (TPSA) is 71.1 Å². The van der Waals surface area contributed by atoms with Gasteiger partial charge in [0.25, 0.3) is 0 Å². The third-order valence-corrected chi connectivity index (χ3v) is 4.37. The van der Waals surface area contributed by atoms with Crippen molar-refractivity contribution >= 4 is 11.9 Å². The van der Waals surface area contributed by atoms with Crippen LogP contribution in [-0.2, 0) is 28.5 Å². The molecule has 0 radical (unpaired) electrons. The van der Waals surface area contributed by atoms with Crippen LogP contribution in [0.2, 0.25) is 0 Å². The number of rotatable bonds is 5. The number of hydrogen-bond donors (Lipinski definition) is 0. The summed E-state index contributed by atoms with van der Waals surface area (Å²) in [6.45, 7) is 3.60. The minimum Gasteiger partial charge on any atom is -0.468 e. The lowest BCUT2D eigenvalue weighted by Crippen LogP contribution is -2.42. The van der Waals surface area contributed by atoms with Gasteiger partial charge >= 0.3 is 11.9 Å². The molecule has 1 aliphatic rings. The van der Waals surface area contributed by atoms with E-state index in [1.165, 1.54) is 21.3 Å². The van der Waals surface area contributed by atoms with Crippen LogP contribution in [0.3, 0.4) is 0 Å². The van der Waals surface area contributed by atoms with Crippen LogP contribution in [0.25, 0.3) is 0 Å². The normalized spacial score (nSPS) is 28.3. The Morgan fingerprint density at radius 3 is 2.30 bits per heavy atom. The lowest BCUT2D eigenvalue weighted by atomic mass is 9.80. The first-order valence-corrected chi connectivity index (χ1v) is 7.33. The summed E-state index contributed by atoms with van der Waals surface area (Å²) < 4.78 is 21.1. The predicted molar refractivity (Wildman–Crippen MR) is 81.4 cm³/mol. The smallest absolute Gasteiger partial charge is 0.323 e. The number of benzene rings is 1. The van der Waals surface area contributed by atoms with Gasteiger partial charge in [0.15, 0.2) is 5.92 Å². The molecular weight excluding hydrogens is 300 g/mol. The Morgan fingerprint density at radius 1 is 1.22 bits per heavy atom. The maximum atomic E-state index is 12.2. The van der Waals surface area contributed by atoms with Crippen LogP contribution in [0, 0.1) is 18.8 Å². The molecule has 0 spiro atoms. The Morgan fingerprint density at radius 2 is 1.83 bits per heavy atom. The molecule has 1 saturated heterocycles. The lowest BCUT2D eigenvalue weighted by molar-refractivity contribution is -0.221. The molecule has 0 aliphatic carbocycles. The van der Waals surface area contributed by atoms with Gasteiger partial charge in [-0.15, -0.1) is 0 Å². The van der Waals surface area contributed by atoms with Crippen molar-refractivity contribution in [3.63, 3.8) is 0 Å². The number of carbonyl (C=O) groups excluding carboxylic acids is 2. The van der Waals surface area contributed by atoms with Crippen LogP contribution in [0.15, 0.2) is 24.3 Å². The first-order valence-electron chi connectivity index (χ1n) is 7.33. The molecule has 1 unspecified atom stereocenters. The highest BCUT2D eigenvalue weighted by atomic mass is 16.7. The lowest BCUT2D eigenvalue weighted by Gasteiger charge is -2.34. The number of hydrogen-bond acceptors (Lipinski definition) is 6. The molecule has 1 heterocycles. The minimum absolute atomic E-state index is 0.559. The summed E-state index contributed by atoms with van der Waals surface area (Å²) in [4.78, 5) is 24.3. The highest BCUT2D eigenvalue weighted by Gasteiger charge is 2.60. The van der Waals surface area contributed by atoms with Crippen LogP contribution in [0.5, 0.6) is 0 Å². The number of ether oxygens (including phenoxy) is 4. The number of esters is 2. The van der Waals surface area contributed by atoms with Crippen molar-refractivity contribution in [2.45, 2.75) is 25.7 Å². The number of carbonyl (C=O) groups is 2. The Hall–Kier alpha value is -1.92. The second-order valence-electron chi connectivity index (χ2n) is 5.73. The van der Waals surface area contributed by atoms with Crippen molar-refractivity contribution in [3.8, 4) is 0 Å². The fraction of sp³-hybridized carbons (Fsp3) is 0.529. The average molecular weight is 322 g/mol. The van der Waals surface area contributed by atoms with E-state index in [1.807, 2.05) is 31.2 Å². The molecule has 6 nitrogen and oxygen atoms in total. The van der Waals surface area contributed by atoms with Gasteiger partial charge in [-0.2, -0.15) is 0 Å². The largest absolute Gasteiger partial charge is 0.468 e. The number of aryl methyl sites for hydroxylation is 1. The molecular formula is C17H22O6. The van der Waals surface area contributed by atoms with Crippen molar-refractivity contribution in [2.75, 3.05) is 21.3 Å². The summed E-state index contributed by atoms with van der Waals surface area (Å²) in [7, 11) is 4.20. The van der Waals surface area contributed by atoms with Crippen LogP contribution >= 0.6 is 0 Å². The van der Waals surface area contributed by atoms with E-state index >= 15 is 0 Å². The maximum absolute atomic E-state index is 12.2. The SMILES string of the molecule is COC(=O)[C@H]1C(=O)O[C@](C)(OC)[C@@H]1C(OC)c1ccc(C)cc1. The number of methoxy groups -OCH3 is 3. The molecule has 0 saturated carbocycles. The zero-order chi connectivity index (χ0) is 17.2. The number of cyclic esters (lactones) is 1. The minimum atomic E-state index is -1.28. The van der Waals surface area contributed by atoms with Crippen LogP contribution in [0.1, 0.15) is 24.2 Å². The Bertz CT molecular complexity index is 581. The summed E-state index contributed by atoms with van der Waals surface area (Å²) >= 11 is 0. The molecule has 126 valence electrons. The van der Waals surface area contributed by atoms with E-state index in [2.05, 4.69) is 0 Å². The predicted octanol–water partition coefficient (Wildman–Crippen LogP) is 2.01. The summed E-state index contributed by atoms with van der Waals surface area (Å²) in [5.74, 6) is -4.37. The van der Waals surface area contributed by atoms with E-state index in [1.54, 1.807) is 6.92 Å². The van der Waals surface area contributed by atoms with Crippen LogP contribution < -0.4 is 0 Å². The van der Waals surface area contributed by atoms with Crippen molar-refractivity contribution in [1.82, 2.24) is 0 Å². The van der Waals surface area contributed by atoms with Gasteiger partial charge in [0.1, 0.15) is 0 Å². The maximum Gasteiger partial charge on any atom is 0.323 e. The van der Waals surface area contributed by atoms with Gasteiger partial charge in [-0.3, -0.25) is 9.59 Å². The third kappa shape index (κ3) is 3.09. The van der Waals surface area contributed by atoms with Crippen molar-refractivity contribution in [2.24, 2.45) is 11.8 Å². The quantitative estimate of drug-likeness (QED) is 0.610. The highest BCUT2D eigenvalue weighted by molar-refractivity contribution is 5.97. The van der Waals surface area contributed by atoms with E-state index in [4.69, 9.17) is 18.9 Å². The molecule has 0 bridgehead atoms. The van der Waals surface area contributed by atoms with Crippen molar-refractivity contribution < 1.29 is 28.5 Å². The summed E-state index contributed by atoms with van der Waals surface area (Å²) in [6, 6.07) is 7.68. The Balaban J connectivity index is 2.49. The molecule has 23 heavy (non-hydrogen) atoms. The summed E-state index contributed by atoms with van der Waals surface area (Å²) in [5, 5.41) is 0. The van der Waals surface area contributed by atoms with E-state index in [0.29, 0.717) is 0 Å². The van der Waals surface area contributed by atoms with E-state index in [-0.39, 0.29) is 0 Å². The van der Waals surface area contributed by atoms with Gasteiger partial charge in [0, 0.05) is 21.1 Å². The van der Waals surface area contributed by atoms with E-state index < -0.39 is 35.7 Å². The van der Waals surface area contributed by atoms with E-state index in [0.717, 1.165) is 11.1 Å². The fourth-order valence-electron chi connectivity index (χ4n) is 3.02. The van der Waals surface area contributed by atoms with Gasteiger partial charge in [0.2, 0.25) is 5.79 Å². The fourth-order valence-corrected chi connectivity index (χ4v) is 3.02. The van der Waals surface area contributed by atoms with Gasteiger partial charge in [-0.05, 0) is 12.5 Å². The molecule has 0 N–H and O–H groups in total. The third-order valence-electron chi connectivity index (χ3n) is 4.37. The summed E-state index contributed by atoms with van der Waals surface area (Å²) in [6.07, 6.45) is -0.559. The van der Waals surface area contributed by atoms with Gasteiger partial charge in [-0.25, -0.2) is 0 Å². The molecule has 6 heteroatoms. The second-order valence-corrected chi connectivity index (χ2v) is 5.73. The van der Waals surface area contributed by atoms with Gasteiger partial charge in [0.05, 0.1) is 19.1 Å². The Kier molecular flexibility index (Phi) is 5.06. The molecule has 2 rings (SSSR count). The van der Waals surface area contributed by atoms with Crippen molar-refractivity contribution in [3.05, 3.63) is 35.4 Å². The first kappa shape index (κ1) is 17.4. The molecule has 1 aromatic rings. The van der Waals surface area contributed by atoms with Gasteiger partial charge in [-0.1, -0.05) is 29.8 Å². The monoisotopic (exact) mass is 322 g/mol. The van der Waals surface area contributed by atoms with Crippen LogP contribution in [-0.4, -0.2) is 39.1 Å². The molecule has 0 aromatic heterocycles.